The summed E-state index contributed by atoms with van der Waals surface area (Å²) in [6.07, 6.45) is 2.39. The summed E-state index contributed by atoms with van der Waals surface area (Å²) in [5.41, 5.74) is -0.948. The number of carbonyl (C=O) groups is 2. The zero-order chi connectivity index (χ0) is 12.9. The Labute approximate surface area is 101 Å². The van der Waals surface area contributed by atoms with Gasteiger partial charge in [-0.05, 0) is 19.8 Å². The van der Waals surface area contributed by atoms with E-state index in [1.54, 1.807) is 36.4 Å². The molecule has 3 nitrogen and oxygen atoms in total. The van der Waals surface area contributed by atoms with E-state index in [1.165, 1.54) is 6.92 Å². The van der Waals surface area contributed by atoms with E-state index < -0.39 is 11.4 Å². The normalized spacial score (nSPS) is 13.7. The molecule has 0 spiro atoms. The van der Waals surface area contributed by atoms with Gasteiger partial charge in [-0.3, -0.25) is 9.59 Å². The Kier molecular flexibility index (Phi) is 4.21. The Hall–Kier alpha value is -1.90. The van der Waals surface area contributed by atoms with Crippen LogP contribution in [0.3, 0.4) is 0 Å². The van der Waals surface area contributed by atoms with Gasteiger partial charge >= 0.3 is 5.97 Å². The van der Waals surface area contributed by atoms with Crippen LogP contribution < -0.4 is 0 Å². The third-order valence-electron chi connectivity index (χ3n) is 2.86. The van der Waals surface area contributed by atoms with Crippen molar-refractivity contribution in [1.29, 1.82) is 0 Å². The van der Waals surface area contributed by atoms with E-state index in [1.807, 2.05) is 0 Å². The molecule has 0 saturated heterocycles. The van der Waals surface area contributed by atoms with Crippen molar-refractivity contribution in [2.24, 2.45) is 5.41 Å². The molecule has 1 N–H and O–H groups in total. The second-order valence-electron chi connectivity index (χ2n) is 4.16. The smallest absolute Gasteiger partial charge is 0.317 e. The molecule has 0 amide bonds. The number of aliphatic carboxylic acids is 1. The molecule has 0 saturated carbocycles. The zero-order valence-corrected chi connectivity index (χ0v) is 9.85. The first-order valence-corrected chi connectivity index (χ1v) is 5.46. The van der Waals surface area contributed by atoms with E-state index in [4.69, 9.17) is 0 Å². The average molecular weight is 232 g/mol. The molecule has 1 atom stereocenters. The maximum absolute atomic E-state index is 12.2. The number of allylic oxidation sites excluding steroid dienone is 1. The highest BCUT2D eigenvalue weighted by atomic mass is 16.4. The van der Waals surface area contributed by atoms with Crippen molar-refractivity contribution < 1.29 is 14.7 Å². The Morgan fingerprint density at radius 1 is 1.35 bits per heavy atom. The number of ketones is 1. The van der Waals surface area contributed by atoms with Crippen LogP contribution in [0.5, 0.6) is 0 Å². The van der Waals surface area contributed by atoms with Crippen molar-refractivity contribution in [3.8, 4) is 0 Å². The highest BCUT2D eigenvalue weighted by molar-refractivity contribution is 6.11. The molecular weight excluding hydrogens is 216 g/mol. The summed E-state index contributed by atoms with van der Waals surface area (Å²) in [7, 11) is 0. The van der Waals surface area contributed by atoms with Gasteiger partial charge in [-0.25, -0.2) is 0 Å². The summed E-state index contributed by atoms with van der Waals surface area (Å²) in [4.78, 5) is 23.5. The fraction of sp³-hybridized carbons (Fsp3) is 0.286. The van der Waals surface area contributed by atoms with Crippen LogP contribution in [0.15, 0.2) is 43.0 Å². The predicted octanol–water partition coefficient (Wildman–Crippen LogP) is 2.93. The van der Waals surface area contributed by atoms with E-state index >= 15 is 0 Å². The highest BCUT2D eigenvalue weighted by Gasteiger charge is 2.40. The molecule has 0 bridgehead atoms. The second kappa shape index (κ2) is 5.43. The van der Waals surface area contributed by atoms with Gasteiger partial charge < -0.3 is 5.11 Å². The van der Waals surface area contributed by atoms with Crippen molar-refractivity contribution in [3.05, 3.63) is 48.6 Å². The van der Waals surface area contributed by atoms with Crippen LogP contribution in [0.2, 0.25) is 0 Å². The minimum atomic E-state index is -1.38. The number of carboxylic acid groups (broad SMARTS) is 1. The first kappa shape index (κ1) is 13.2. The van der Waals surface area contributed by atoms with Crippen LogP contribution in [-0.4, -0.2) is 16.9 Å². The number of rotatable bonds is 6. The molecule has 1 unspecified atom stereocenters. The average Bonchev–Trinajstić information content (AvgIpc) is 2.35. The van der Waals surface area contributed by atoms with Gasteiger partial charge in [0.05, 0.1) is 0 Å². The molecule has 3 heteroatoms. The maximum atomic E-state index is 12.2. The first-order chi connectivity index (χ1) is 8.02. The number of hydrogen-bond acceptors (Lipinski definition) is 2. The van der Waals surface area contributed by atoms with Gasteiger partial charge in [0, 0.05) is 5.56 Å². The molecule has 90 valence electrons. The van der Waals surface area contributed by atoms with Gasteiger partial charge in [-0.1, -0.05) is 36.4 Å². The summed E-state index contributed by atoms with van der Waals surface area (Å²) < 4.78 is 0. The standard InChI is InChI=1S/C14H16O3/c1-3-4-10-14(2,13(16)17)12(15)11-8-6-5-7-9-11/h3,5-9H,1,4,10H2,2H3,(H,16,17). The predicted molar refractivity (Wildman–Crippen MR) is 65.9 cm³/mol. The lowest BCUT2D eigenvalue weighted by Gasteiger charge is -2.22. The van der Waals surface area contributed by atoms with Gasteiger partial charge in [0.2, 0.25) is 0 Å². The van der Waals surface area contributed by atoms with Crippen LogP contribution in [-0.2, 0) is 4.79 Å². The lowest BCUT2D eigenvalue weighted by molar-refractivity contribution is -0.145. The van der Waals surface area contributed by atoms with Crippen molar-refractivity contribution in [1.82, 2.24) is 0 Å². The van der Waals surface area contributed by atoms with Crippen molar-refractivity contribution in [3.63, 3.8) is 0 Å². The Morgan fingerprint density at radius 2 is 1.94 bits per heavy atom. The number of benzene rings is 1. The molecule has 1 aromatic rings. The lowest BCUT2D eigenvalue weighted by atomic mass is 9.78. The van der Waals surface area contributed by atoms with Gasteiger partial charge in [0.1, 0.15) is 5.41 Å². The SMILES string of the molecule is C=CCCC(C)(C(=O)O)C(=O)c1ccccc1. The third-order valence-corrected chi connectivity index (χ3v) is 2.86. The van der Waals surface area contributed by atoms with Crippen LogP contribution in [0.1, 0.15) is 30.1 Å². The molecular formula is C14H16O3. The van der Waals surface area contributed by atoms with E-state index in [0.29, 0.717) is 12.0 Å². The van der Waals surface area contributed by atoms with E-state index in [2.05, 4.69) is 6.58 Å². The summed E-state index contributed by atoms with van der Waals surface area (Å²) in [5, 5.41) is 9.24. The number of carboxylic acids is 1. The highest BCUT2D eigenvalue weighted by Crippen LogP contribution is 2.28. The van der Waals surface area contributed by atoms with Crippen LogP contribution in [0, 0.1) is 5.41 Å². The summed E-state index contributed by atoms with van der Waals surface area (Å²) >= 11 is 0. The van der Waals surface area contributed by atoms with E-state index in [9.17, 15) is 14.7 Å². The van der Waals surface area contributed by atoms with E-state index in [-0.39, 0.29) is 12.2 Å². The first-order valence-electron chi connectivity index (χ1n) is 5.46. The number of Topliss-reactive ketones (excluding diaryl/α,β-unsaturated/α-hetero) is 1. The fourth-order valence-corrected chi connectivity index (χ4v) is 1.62. The molecule has 0 aliphatic heterocycles. The molecule has 0 aliphatic carbocycles. The van der Waals surface area contributed by atoms with Crippen molar-refractivity contribution in [2.45, 2.75) is 19.8 Å². The van der Waals surface area contributed by atoms with Gasteiger partial charge in [-0.15, -0.1) is 6.58 Å². The quantitative estimate of drug-likeness (QED) is 0.466. The monoisotopic (exact) mass is 232 g/mol. The zero-order valence-electron chi connectivity index (χ0n) is 9.85. The molecule has 0 heterocycles. The number of hydrogen-bond donors (Lipinski definition) is 1. The molecule has 17 heavy (non-hydrogen) atoms. The summed E-state index contributed by atoms with van der Waals surface area (Å²) in [6.45, 7) is 5.02. The fourth-order valence-electron chi connectivity index (χ4n) is 1.62. The number of carbonyl (C=O) groups excluding carboxylic acids is 1. The molecule has 1 rings (SSSR count). The molecule has 0 aromatic heterocycles. The van der Waals surface area contributed by atoms with Gasteiger partial charge in [0.25, 0.3) is 0 Å². The Balaban J connectivity index is 3.03. The van der Waals surface area contributed by atoms with Gasteiger partial charge in [0.15, 0.2) is 5.78 Å². The van der Waals surface area contributed by atoms with Crippen LogP contribution in [0.25, 0.3) is 0 Å². The summed E-state index contributed by atoms with van der Waals surface area (Å²) in [6, 6.07) is 8.51. The minimum Gasteiger partial charge on any atom is -0.480 e. The second-order valence-corrected chi connectivity index (χ2v) is 4.16. The van der Waals surface area contributed by atoms with Crippen molar-refractivity contribution in [2.75, 3.05) is 0 Å². The molecule has 1 aromatic carbocycles. The topological polar surface area (TPSA) is 54.4 Å². The summed E-state index contributed by atoms with van der Waals surface area (Å²) in [5.74, 6) is -1.44. The molecule has 0 aliphatic rings. The van der Waals surface area contributed by atoms with Crippen molar-refractivity contribution >= 4 is 11.8 Å². The van der Waals surface area contributed by atoms with Crippen LogP contribution >= 0.6 is 0 Å². The minimum absolute atomic E-state index is 0.263. The van der Waals surface area contributed by atoms with E-state index in [0.717, 1.165) is 0 Å². The Morgan fingerprint density at radius 3 is 2.41 bits per heavy atom. The largest absolute Gasteiger partial charge is 0.480 e. The Bertz CT molecular complexity index is 422. The lowest BCUT2D eigenvalue weighted by Crippen LogP contribution is -2.36. The molecule has 0 fully saturated rings. The maximum Gasteiger partial charge on any atom is 0.317 e. The third kappa shape index (κ3) is 2.81. The molecule has 0 radical (unpaired) electrons. The van der Waals surface area contributed by atoms with Gasteiger partial charge in [-0.2, -0.15) is 0 Å². The van der Waals surface area contributed by atoms with Crippen LogP contribution in [0.4, 0.5) is 0 Å².